The summed E-state index contributed by atoms with van der Waals surface area (Å²) in [5.74, 6) is 1.54. The van der Waals surface area contributed by atoms with Gasteiger partial charge in [0.2, 0.25) is 5.82 Å². The normalized spacial score (nSPS) is 18.6. The Balaban J connectivity index is 1.50. The van der Waals surface area contributed by atoms with E-state index >= 15 is 0 Å². The summed E-state index contributed by atoms with van der Waals surface area (Å²) in [7, 11) is 0. The summed E-state index contributed by atoms with van der Waals surface area (Å²) < 4.78 is 7.18. The molecular weight excluding hydrogens is 300 g/mol. The minimum absolute atomic E-state index is 0.350. The first kappa shape index (κ1) is 13.6. The third-order valence-electron chi connectivity index (χ3n) is 3.73. The Morgan fingerprint density at radius 3 is 3.27 bits per heavy atom. The van der Waals surface area contributed by atoms with Crippen LogP contribution >= 0.6 is 11.3 Å². The van der Waals surface area contributed by atoms with Crippen molar-refractivity contribution >= 4 is 11.3 Å². The molecule has 1 aliphatic heterocycles. The molecule has 0 amide bonds. The lowest BCUT2D eigenvalue weighted by Gasteiger charge is -2.22. The topological polar surface area (TPSA) is 81.7 Å². The maximum absolute atomic E-state index is 5.29. The molecule has 4 heterocycles. The fourth-order valence-corrected chi connectivity index (χ4v) is 3.30. The average Bonchev–Trinajstić information content (AvgIpc) is 3.30. The van der Waals surface area contributed by atoms with Crippen LogP contribution < -0.4 is 5.32 Å². The highest BCUT2D eigenvalue weighted by atomic mass is 32.1. The number of nitrogens with zero attached hydrogens (tertiary/aromatic N) is 5. The summed E-state index contributed by atoms with van der Waals surface area (Å²) >= 11 is 1.68. The Bertz CT molecular complexity index is 728. The molecule has 8 heteroatoms. The molecule has 22 heavy (non-hydrogen) atoms. The van der Waals surface area contributed by atoms with E-state index in [0.717, 1.165) is 25.9 Å². The fraction of sp³-hybridized carbons (Fsp3) is 0.429. The van der Waals surface area contributed by atoms with E-state index in [9.17, 15) is 0 Å². The van der Waals surface area contributed by atoms with Gasteiger partial charge in [0.15, 0.2) is 5.82 Å². The van der Waals surface area contributed by atoms with Crippen molar-refractivity contribution in [2.75, 3.05) is 13.1 Å². The second-order valence-electron chi connectivity index (χ2n) is 5.32. The molecule has 0 aliphatic carbocycles. The molecule has 1 N–H and O–H groups in total. The number of nitrogens with one attached hydrogen (secondary N) is 1. The van der Waals surface area contributed by atoms with Crippen LogP contribution in [0.1, 0.15) is 29.6 Å². The number of thiophene rings is 1. The largest absolute Gasteiger partial charge is 0.330 e. The van der Waals surface area contributed by atoms with Gasteiger partial charge >= 0.3 is 0 Å². The monoisotopic (exact) mass is 316 g/mol. The Labute approximate surface area is 131 Å². The lowest BCUT2D eigenvalue weighted by molar-refractivity contribution is 0.345. The average molecular weight is 316 g/mol. The zero-order valence-electron chi connectivity index (χ0n) is 12.0. The predicted molar refractivity (Wildman–Crippen MR) is 81.6 cm³/mol. The van der Waals surface area contributed by atoms with Crippen LogP contribution in [-0.2, 0) is 6.42 Å². The summed E-state index contributed by atoms with van der Waals surface area (Å²) in [5.41, 5.74) is 0. The van der Waals surface area contributed by atoms with Gasteiger partial charge < -0.3 is 9.84 Å². The van der Waals surface area contributed by atoms with Crippen molar-refractivity contribution in [3.63, 3.8) is 0 Å². The molecular formula is C14H16N6OS. The van der Waals surface area contributed by atoms with Crippen LogP contribution in [0, 0.1) is 0 Å². The van der Waals surface area contributed by atoms with Crippen molar-refractivity contribution in [1.82, 2.24) is 30.2 Å². The highest BCUT2D eigenvalue weighted by Crippen LogP contribution is 2.19. The van der Waals surface area contributed by atoms with Gasteiger partial charge in [0, 0.05) is 17.8 Å². The van der Waals surface area contributed by atoms with Crippen molar-refractivity contribution in [1.29, 1.82) is 0 Å². The smallest absolute Gasteiger partial charge is 0.297 e. The van der Waals surface area contributed by atoms with E-state index in [1.165, 1.54) is 4.88 Å². The number of aromatic nitrogens is 5. The molecule has 0 aromatic carbocycles. The van der Waals surface area contributed by atoms with Gasteiger partial charge in [-0.05, 0) is 30.8 Å². The molecule has 3 aromatic rings. The Morgan fingerprint density at radius 2 is 2.45 bits per heavy atom. The van der Waals surface area contributed by atoms with Crippen LogP contribution in [0.15, 0.2) is 28.4 Å². The van der Waals surface area contributed by atoms with Crippen LogP contribution in [0.5, 0.6) is 0 Å². The lowest BCUT2D eigenvalue weighted by atomic mass is 10.1. The van der Waals surface area contributed by atoms with Gasteiger partial charge in [0.1, 0.15) is 6.33 Å². The summed E-state index contributed by atoms with van der Waals surface area (Å²) in [6, 6.07) is 4.43. The van der Waals surface area contributed by atoms with E-state index in [4.69, 9.17) is 4.52 Å². The molecule has 0 saturated carbocycles. The van der Waals surface area contributed by atoms with Crippen LogP contribution in [-0.4, -0.2) is 38.0 Å². The SMILES string of the molecule is c1csc(Cc2noc(-c3ncn(C4CCCNC4)n3)n2)c1. The van der Waals surface area contributed by atoms with Crippen molar-refractivity contribution in [2.45, 2.75) is 25.3 Å². The third-order valence-corrected chi connectivity index (χ3v) is 4.60. The van der Waals surface area contributed by atoms with Gasteiger partial charge in [-0.15, -0.1) is 16.4 Å². The second-order valence-corrected chi connectivity index (χ2v) is 6.35. The zero-order valence-corrected chi connectivity index (χ0v) is 12.8. The van der Waals surface area contributed by atoms with E-state index in [1.807, 2.05) is 16.1 Å². The van der Waals surface area contributed by atoms with Crippen molar-refractivity contribution in [2.24, 2.45) is 0 Å². The Morgan fingerprint density at radius 1 is 1.45 bits per heavy atom. The van der Waals surface area contributed by atoms with Gasteiger partial charge in [0.05, 0.1) is 6.04 Å². The molecule has 1 aliphatic rings. The first-order chi connectivity index (χ1) is 10.9. The molecule has 1 atom stereocenters. The molecule has 1 unspecified atom stereocenters. The van der Waals surface area contributed by atoms with Crippen molar-refractivity contribution in [3.8, 4) is 11.7 Å². The first-order valence-corrected chi connectivity index (χ1v) is 8.23. The lowest BCUT2D eigenvalue weighted by Crippen LogP contribution is -2.31. The van der Waals surface area contributed by atoms with Gasteiger partial charge in [-0.25, -0.2) is 9.67 Å². The van der Waals surface area contributed by atoms with Crippen LogP contribution in [0.3, 0.4) is 0 Å². The molecule has 3 aromatic heterocycles. The second kappa shape index (κ2) is 5.98. The van der Waals surface area contributed by atoms with E-state index in [0.29, 0.717) is 30.0 Å². The van der Waals surface area contributed by atoms with Crippen molar-refractivity contribution < 1.29 is 4.52 Å². The Hall–Kier alpha value is -2.06. The number of rotatable bonds is 4. The molecule has 1 fully saturated rings. The Kier molecular flexibility index (Phi) is 3.69. The van der Waals surface area contributed by atoms with Crippen LogP contribution in [0.4, 0.5) is 0 Å². The molecule has 1 saturated heterocycles. The van der Waals surface area contributed by atoms with Gasteiger partial charge in [0.25, 0.3) is 5.89 Å². The van der Waals surface area contributed by atoms with Crippen LogP contribution in [0.2, 0.25) is 0 Å². The van der Waals surface area contributed by atoms with Gasteiger partial charge in [-0.1, -0.05) is 11.2 Å². The highest BCUT2D eigenvalue weighted by molar-refractivity contribution is 7.09. The highest BCUT2D eigenvalue weighted by Gasteiger charge is 2.19. The standard InChI is InChI=1S/C14H16N6OS/c1-3-10(8-15-5-1)20-9-16-13(18-20)14-17-12(19-21-14)7-11-4-2-6-22-11/h2,4,6,9-10,15H,1,3,5,7-8H2. The first-order valence-electron chi connectivity index (χ1n) is 7.36. The molecule has 114 valence electrons. The number of hydrogen-bond acceptors (Lipinski definition) is 7. The summed E-state index contributed by atoms with van der Waals surface area (Å²) in [5, 5.41) is 13.9. The van der Waals surface area contributed by atoms with E-state index < -0.39 is 0 Å². The fourth-order valence-electron chi connectivity index (χ4n) is 2.59. The maximum Gasteiger partial charge on any atom is 0.297 e. The zero-order chi connectivity index (χ0) is 14.8. The van der Waals surface area contributed by atoms with Crippen molar-refractivity contribution in [3.05, 3.63) is 34.5 Å². The minimum atomic E-state index is 0.350. The quantitative estimate of drug-likeness (QED) is 0.792. The van der Waals surface area contributed by atoms with E-state index in [1.54, 1.807) is 17.7 Å². The van der Waals surface area contributed by atoms with Gasteiger partial charge in [-0.3, -0.25) is 0 Å². The molecule has 7 nitrogen and oxygen atoms in total. The third kappa shape index (κ3) is 2.79. The molecule has 0 spiro atoms. The molecule has 0 bridgehead atoms. The number of piperidine rings is 1. The predicted octanol–water partition coefficient (Wildman–Crippen LogP) is 1.90. The van der Waals surface area contributed by atoms with Crippen LogP contribution in [0.25, 0.3) is 11.7 Å². The molecule has 4 rings (SSSR count). The molecule has 0 radical (unpaired) electrons. The maximum atomic E-state index is 5.29. The summed E-state index contributed by atoms with van der Waals surface area (Å²) in [4.78, 5) is 9.90. The number of hydrogen-bond donors (Lipinski definition) is 1. The van der Waals surface area contributed by atoms with E-state index in [2.05, 4.69) is 31.6 Å². The van der Waals surface area contributed by atoms with E-state index in [-0.39, 0.29) is 0 Å². The summed E-state index contributed by atoms with van der Waals surface area (Å²) in [6.07, 6.45) is 4.69. The van der Waals surface area contributed by atoms with Gasteiger partial charge in [-0.2, -0.15) is 4.98 Å². The minimum Gasteiger partial charge on any atom is -0.330 e. The summed E-state index contributed by atoms with van der Waals surface area (Å²) in [6.45, 7) is 2.00.